The Bertz CT molecular complexity index is 508. The summed E-state index contributed by atoms with van der Waals surface area (Å²) in [7, 11) is 0. The maximum Gasteiger partial charge on any atom is 0.241 e. The largest absolute Gasteiger partial charge is 0.338 e. The quantitative estimate of drug-likeness (QED) is 0.785. The van der Waals surface area contributed by atoms with Crippen LogP contribution in [0.4, 0.5) is 0 Å². The van der Waals surface area contributed by atoms with Crippen LogP contribution in [-0.4, -0.2) is 10.1 Å². The van der Waals surface area contributed by atoms with E-state index < -0.39 is 0 Å². The Hall–Kier alpha value is -2.15. The van der Waals surface area contributed by atoms with Crippen molar-refractivity contribution in [2.24, 2.45) is 0 Å². The van der Waals surface area contributed by atoms with Crippen molar-refractivity contribution in [3.8, 4) is 17.5 Å². The maximum atomic E-state index is 8.49. The number of hydrogen-bond donors (Lipinski definition) is 0. The average molecular weight is 213 g/mol. The Kier molecular flexibility index (Phi) is 2.97. The highest BCUT2D eigenvalue weighted by Crippen LogP contribution is 2.16. The Morgan fingerprint density at radius 3 is 2.69 bits per heavy atom. The molecule has 0 fully saturated rings. The zero-order chi connectivity index (χ0) is 11.4. The van der Waals surface area contributed by atoms with Crippen LogP contribution in [0.25, 0.3) is 11.4 Å². The lowest BCUT2D eigenvalue weighted by Gasteiger charge is -1.96. The molecule has 0 aliphatic rings. The van der Waals surface area contributed by atoms with Crippen molar-refractivity contribution in [3.05, 3.63) is 35.7 Å². The number of hydrogen-bond acceptors (Lipinski definition) is 4. The summed E-state index contributed by atoms with van der Waals surface area (Å²) in [6.45, 7) is 2.11. The Morgan fingerprint density at radius 1 is 1.31 bits per heavy atom. The molecule has 1 heterocycles. The van der Waals surface area contributed by atoms with Crippen LogP contribution in [0, 0.1) is 11.3 Å². The summed E-state index contributed by atoms with van der Waals surface area (Å²) < 4.78 is 4.93. The Balaban J connectivity index is 2.25. The molecule has 1 aromatic heterocycles. The van der Waals surface area contributed by atoms with E-state index in [4.69, 9.17) is 9.78 Å². The Morgan fingerprint density at radius 2 is 2.06 bits per heavy atom. The molecule has 0 N–H and O–H groups in total. The van der Waals surface area contributed by atoms with E-state index in [1.54, 1.807) is 0 Å². The van der Waals surface area contributed by atoms with Gasteiger partial charge in [0.2, 0.25) is 11.7 Å². The van der Waals surface area contributed by atoms with Crippen LogP contribution in [0.5, 0.6) is 0 Å². The SMILES string of the molecule is CCc1ccc(-c2noc(CC#N)n2)cc1. The summed E-state index contributed by atoms with van der Waals surface area (Å²) >= 11 is 0. The monoisotopic (exact) mass is 213 g/mol. The molecule has 0 bridgehead atoms. The molecule has 80 valence electrons. The summed E-state index contributed by atoms with van der Waals surface area (Å²) in [6, 6.07) is 9.96. The minimum absolute atomic E-state index is 0.153. The van der Waals surface area contributed by atoms with Crippen LogP contribution in [-0.2, 0) is 12.8 Å². The van der Waals surface area contributed by atoms with Crippen molar-refractivity contribution in [2.75, 3.05) is 0 Å². The molecule has 0 radical (unpaired) electrons. The van der Waals surface area contributed by atoms with E-state index in [-0.39, 0.29) is 6.42 Å². The standard InChI is InChI=1S/C12H11N3O/c1-2-9-3-5-10(6-4-9)12-14-11(7-8-13)16-15-12/h3-6H,2,7H2,1H3. The average Bonchev–Trinajstić information content (AvgIpc) is 2.78. The van der Waals surface area contributed by atoms with E-state index in [1.165, 1.54) is 5.56 Å². The molecule has 0 spiro atoms. The Labute approximate surface area is 93.5 Å². The summed E-state index contributed by atoms with van der Waals surface area (Å²) in [5, 5.41) is 12.3. The highest BCUT2D eigenvalue weighted by molar-refractivity contribution is 5.54. The first-order valence-electron chi connectivity index (χ1n) is 5.12. The van der Waals surface area contributed by atoms with Crippen molar-refractivity contribution in [3.63, 3.8) is 0 Å². The normalized spacial score (nSPS) is 10.0. The van der Waals surface area contributed by atoms with Gasteiger partial charge in [-0.05, 0) is 12.0 Å². The van der Waals surface area contributed by atoms with E-state index in [2.05, 4.69) is 17.1 Å². The van der Waals surface area contributed by atoms with Crippen LogP contribution in [0.2, 0.25) is 0 Å². The van der Waals surface area contributed by atoms with Crippen LogP contribution in [0.15, 0.2) is 28.8 Å². The van der Waals surface area contributed by atoms with Gasteiger partial charge in [0, 0.05) is 5.56 Å². The highest BCUT2D eigenvalue weighted by Gasteiger charge is 2.07. The molecule has 0 aliphatic heterocycles. The topological polar surface area (TPSA) is 62.7 Å². The van der Waals surface area contributed by atoms with Gasteiger partial charge in [0.15, 0.2) is 0 Å². The third-order valence-electron chi connectivity index (χ3n) is 2.32. The lowest BCUT2D eigenvalue weighted by Crippen LogP contribution is -1.84. The molecule has 4 nitrogen and oxygen atoms in total. The summed E-state index contributed by atoms with van der Waals surface area (Å²) in [5.74, 6) is 0.893. The lowest BCUT2D eigenvalue weighted by atomic mass is 10.1. The van der Waals surface area contributed by atoms with Crippen LogP contribution < -0.4 is 0 Å². The minimum atomic E-state index is 0.153. The van der Waals surface area contributed by atoms with Gasteiger partial charge in [-0.3, -0.25) is 0 Å². The number of benzene rings is 1. The van der Waals surface area contributed by atoms with Crippen LogP contribution in [0.3, 0.4) is 0 Å². The highest BCUT2D eigenvalue weighted by atomic mass is 16.5. The molecule has 0 saturated carbocycles. The fourth-order valence-corrected chi connectivity index (χ4v) is 1.40. The van der Waals surface area contributed by atoms with Gasteiger partial charge in [-0.1, -0.05) is 36.3 Å². The fourth-order valence-electron chi connectivity index (χ4n) is 1.40. The number of aromatic nitrogens is 2. The fraction of sp³-hybridized carbons (Fsp3) is 0.250. The smallest absolute Gasteiger partial charge is 0.241 e. The predicted molar refractivity (Wildman–Crippen MR) is 58.4 cm³/mol. The van der Waals surface area contributed by atoms with Gasteiger partial charge >= 0.3 is 0 Å². The van der Waals surface area contributed by atoms with Gasteiger partial charge in [0.1, 0.15) is 6.42 Å². The molecular formula is C12H11N3O. The number of nitrogens with zero attached hydrogens (tertiary/aromatic N) is 3. The van der Waals surface area contributed by atoms with E-state index in [9.17, 15) is 0 Å². The molecule has 4 heteroatoms. The van der Waals surface area contributed by atoms with E-state index >= 15 is 0 Å². The molecule has 0 aliphatic carbocycles. The van der Waals surface area contributed by atoms with Crippen molar-refractivity contribution in [1.82, 2.24) is 10.1 Å². The second-order valence-electron chi connectivity index (χ2n) is 3.40. The predicted octanol–water partition coefficient (Wildman–Crippen LogP) is 2.37. The van der Waals surface area contributed by atoms with Crippen molar-refractivity contribution in [1.29, 1.82) is 5.26 Å². The first-order chi connectivity index (χ1) is 7.83. The second kappa shape index (κ2) is 4.58. The zero-order valence-electron chi connectivity index (χ0n) is 8.97. The summed E-state index contributed by atoms with van der Waals surface area (Å²) in [4.78, 5) is 4.13. The van der Waals surface area contributed by atoms with Gasteiger partial charge in [0.25, 0.3) is 0 Å². The van der Waals surface area contributed by atoms with Gasteiger partial charge in [-0.25, -0.2) is 0 Å². The lowest BCUT2D eigenvalue weighted by molar-refractivity contribution is 0.388. The van der Waals surface area contributed by atoms with Gasteiger partial charge in [0.05, 0.1) is 6.07 Å². The van der Waals surface area contributed by atoms with E-state index in [0.29, 0.717) is 11.7 Å². The molecular weight excluding hydrogens is 202 g/mol. The van der Waals surface area contributed by atoms with E-state index in [1.807, 2.05) is 30.3 Å². The first-order valence-corrected chi connectivity index (χ1v) is 5.12. The molecule has 0 saturated heterocycles. The maximum absolute atomic E-state index is 8.49. The number of nitriles is 1. The summed E-state index contributed by atoms with van der Waals surface area (Å²) in [6.07, 6.45) is 1.16. The molecule has 2 aromatic rings. The molecule has 0 amide bonds. The zero-order valence-corrected chi connectivity index (χ0v) is 8.97. The summed E-state index contributed by atoms with van der Waals surface area (Å²) in [5.41, 5.74) is 2.18. The first kappa shape index (κ1) is 10.4. The molecule has 2 rings (SSSR count). The molecule has 1 aromatic carbocycles. The number of aryl methyl sites for hydroxylation is 1. The van der Waals surface area contributed by atoms with Crippen molar-refractivity contribution < 1.29 is 4.52 Å². The van der Waals surface area contributed by atoms with Crippen molar-refractivity contribution >= 4 is 0 Å². The van der Waals surface area contributed by atoms with Crippen LogP contribution >= 0.6 is 0 Å². The van der Waals surface area contributed by atoms with Crippen LogP contribution in [0.1, 0.15) is 18.4 Å². The van der Waals surface area contributed by atoms with Crippen molar-refractivity contribution in [2.45, 2.75) is 19.8 Å². The second-order valence-corrected chi connectivity index (χ2v) is 3.40. The third-order valence-corrected chi connectivity index (χ3v) is 2.32. The molecule has 0 atom stereocenters. The van der Waals surface area contributed by atoms with Gasteiger partial charge in [-0.2, -0.15) is 10.2 Å². The van der Waals surface area contributed by atoms with E-state index in [0.717, 1.165) is 12.0 Å². The van der Waals surface area contributed by atoms with Gasteiger partial charge in [-0.15, -0.1) is 0 Å². The molecule has 16 heavy (non-hydrogen) atoms. The minimum Gasteiger partial charge on any atom is -0.338 e. The number of rotatable bonds is 3. The van der Waals surface area contributed by atoms with Gasteiger partial charge < -0.3 is 4.52 Å². The third kappa shape index (κ3) is 2.09. The molecule has 0 unspecified atom stereocenters.